The molecule has 186 valence electrons. The van der Waals surface area contributed by atoms with Gasteiger partial charge in [-0.3, -0.25) is 9.10 Å². The van der Waals surface area contributed by atoms with Crippen molar-refractivity contribution in [1.29, 1.82) is 0 Å². The Hall–Kier alpha value is -3.23. The van der Waals surface area contributed by atoms with Crippen LogP contribution >= 0.6 is 11.6 Å². The highest BCUT2D eigenvalue weighted by Gasteiger charge is 2.30. The van der Waals surface area contributed by atoms with Gasteiger partial charge in [0.2, 0.25) is 5.91 Å². The Morgan fingerprint density at radius 1 is 1.03 bits per heavy atom. The van der Waals surface area contributed by atoms with Crippen molar-refractivity contribution in [3.8, 4) is 11.5 Å². The lowest BCUT2D eigenvalue weighted by atomic mass is 10.2. The summed E-state index contributed by atoms with van der Waals surface area (Å²) >= 11 is 6.17. The molecule has 0 aliphatic carbocycles. The summed E-state index contributed by atoms with van der Waals surface area (Å²) in [5.41, 5.74) is 2.06. The zero-order chi connectivity index (χ0) is 25.6. The standard InChI is InChI=1S/C26H29ClN2O5S/c1-18-9-12-22(13-10-18)35(31,32)29(23-15-21(27)11-14-25(23)33-4)16-26(30)28-20(3)17-34-24-8-6-5-7-19(24)2/h5-15,20H,16-17H2,1-4H3,(H,28,30). The van der Waals surface area contributed by atoms with Crippen LogP contribution in [-0.2, 0) is 14.8 Å². The highest BCUT2D eigenvalue weighted by atomic mass is 35.5. The Labute approximate surface area is 211 Å². The van der Waals surface area contributed by atoms with Crippen molar-refractivity contribution in [2.45, 2.75) is 31.7 Å². The van der Waals surface area contributed by atoms with Gasteiger partial charge in [-0.15, -0.1) is 0 Å². The average Bonchev–Trinajstić information content (AvgIpc) is 2.82. The van der Waals surface area contributed by atoms with E-state index in [1.165, 1.54) is 25.3 Å². The molecule has 1 N–H and O–H groups in total. The first-order valence-corrected chi connectivity index (χ1v) is 12.8. The second kappa shape index (κ2) is 11.5. The van der Waals surface area contributed by atoms with E-state index in [9.17, 15) is 13.2 Å². The number of anilines is 1. The van der Waals surface area contributed by atoms with Gasteiger partial charge in [0.25, 0.3) is 10.0 Å². The largest absolute Gasteiger partial charge is 0.495 e. The molecule has 7 nitrogen and oxygen atoms in total. The van der Waals surface area contributed by atoms with E-state index >= 15 is 0 Å². The third-order valence-corrected chi connectivity index (χ3v) is 7.30. The van der Waals surface area contributed by atoms with Crippen LogP contribution < -0.4 is 19.1 Å². The number of nitrogens with zero attached hydrogens (tertiary/aromatic N) is 1. The predicted octanol–water partition coefficient (Wildman–Crippen LogP) is 4.74. The van der Waals surface area contributed by atoms with Crippen LogP contribution in [0.2, 0.25) is 5.02 Å². The number of hydrogen-bond donors (Lipinski definition) is 1. The van der Waals surface area contributed by atoms with E-state index in [0.717, 1.165) is 21.2 Å². The lowest BCUT2D eigenvalue weighted by molar-refractivity contribution is -0.120. The lowest BCUT2D eigenvalue weighted by Crippen LogP contribution is -2.45. The number of amides is 1. The zero-order valence-corrected chi connectivity index (χ0v) is 21.7. The predicted molar refractivity (Wildman–Crippen MR) is 138 cm³/mol. The van der Waals surface area contributed by atoms with Crippen LogP contribution in [-0.4, -0.2) is 40.6 Å². The first-order valence-electron chi connectivity index (χ1n) is 11.0. The molecule has 1 unspecified atom stereocenters. The Morgan fingerprint density at radius 2 is 1.71 bits per heavy atom. The summed E-state index contributed by atoms with van der Waals surface area (Å²) in [6.45, 7) is 5.34. The Morgan fingerprint density at radius 3 is 2.37 bits per heavy atom. The molecule has 1 amide bonds. The number of halogens is 1. The van der Waals surface area contributed by atoms with Gasteiger partial charge in [-0.2, -0.15) is 0 Å². The minimum Gasteiger partial charge on any atom is -0.495 e. The normalized spacial score (nSPS) is 12.0. The first kappa shape index (κ1) is 26.4. The SMILES string of the molecule is COc1ccc(Cl)cc1N(CC(=O)NC(C)COc1ccccc1C)S(=O)(=O)c1ccc(C)cc1. The molecule has 0 spiro atoms. The maximum atomic E-state index is 13.6. The molecule has 3 aromatic rings. The summed E-state index contributed by atoms with van der Waals surface area (Å²) in [5.74, 6) is 0.498. The molecular formula is C26H29ClN2O5S. The van der Waals surface area contributed by atoms with Crippen molar-refractivity contribution in [3.63, 3.8) is 0 Å². The molecule has 3 rings (SSSR count). The number of nitrogens with one attached hydrogen (secondary N) is 1. The first-order chi connectivity index (χ1) is 16.6. The molecule has 0 aliphatic heterocycles. The summed E-state index contributed by atoms with van der Waals surface area (Å²) < 4.78 is 39.4. The molecule has 0 fully saturated rings. The number of aryl methyl sites for hydroxylation is 2. The van der Waals surface area contributed by atoms with Crippen molar-refractivity contribution in [3.05, 3.63) is 82.9 Å². The lowest BCUT2D eigenvalue weighted by Gasteiger charge is -2.26. The van der Waals surface area contributed by atoms with Gasteiger partial charge in [0.05, 0.1) is 23.7 Å². The van der Waals surface area contributed by atoms with Crippen molar-refractivity contribution >= 4 is 33.2 Å². The fourth-order valence-electron chi connectivity index (χ4n) is 3.42. The van der Waals surface area contributed by atoms with E-state index in [0.29, 0.717) is 5.02 Å². The van der Waals surface area contributed by atoms with Crippen LogP contribution in [0.5, 0.6) is 11.5 Å². The summed E-state index contributed by atoms with van der Waals surface area (Å²) in [6.07, 6.45) is 0. The number of sulfonamides is 1. The molecule has 9 heteroatoms. The van der Waals surface area contributed by atoms with Crippen LogP contribution in [0, 0.1) is 13.8 Å². The highest BCUT2D eigenvalue weighted by molar-refractivity contribution is 7.92. The van der Waals surface area contributed by atoms with Crippen LogP contribution in [0.25, 0.3) is 0 Å². The Balaban J connectivity index is 1.84. The smallest absolute Gasteiger partial charge is 0.264 e. The number of methoxy groups -OCH3 is 1. The van der Waals surface area contributed by atoms with Crippen LogP contribution in [0.15, 0.2) is 71.6 Å². The minimum atomic E-state index is -4.11. The molecule has 3 aromatic carbocycles. The number of hydrogen-bond acceptors (Lipinski definition) is 5. The van der Waals surface area contributed by atoms with Gasteiger partial charge in [0.1, 0.15) is 24.7 Å². The molecular weight excluding hydrogens is 488 g/mol. The molecule has 1 atom stereocenters. The molecule has 0 bridgehead atoms. The third kappa shape index (κ3) is 6.68. The minimum absolute atomic E-state index is 0.0499. The molecule has 0 aromatic heterocycles. The topological polar surface area (TPSA) is 84.9 Å². The fourth-order valence-corrected chi connectivity index (χ4v) is 5.01. The number of carbonyl (C=O) groups excluding carboxylic acids is 1. The second-order valence-electron chi connectivity index (χ2n) is 8.19. The summed E-state index contributed by atoms with van der Waals surface area (Å²) in [7, 11) is -2.68. The zero-order valence-electron chi connectivity index (χ0n) is 20.1. The second-order valence-corrected chi connectivity index (χ2v) is 10.5. The molecule has 0 radical (unpaired) electrons. The van der Waals surface area contributed by atoms with Crippen LogP contribution in [0.3, 0.4) is 0 Å². The summed E-state index contributed by atoms with van der Waals surface area (Å²) in [6, 6.07) is 18.2. The van der Waals surface area contributed by atoms with Gasteiger partial charge in [-0.1, -0.05) is 47.5 Å². The van der Waals surface area contributed by atoms with E-state index < -0.39 is 22.5 Å². The number of para-hydroxylation sites is 1. The van der Waals surface area contributed by atoms with Gasteiger partial charge in [-0.25, -0.2) is 8.42 Å². The quantitative estimate of drug-likeness (QED) is 0.420. The van der Waals surface area contributed by atoms with Crippen LogP contribution in [0.4, 0.5) is 5.69 Å². The third-order valence-electron chi connectivity index (χ3n) is 5.30. The summed E-state index contributed by atoms with van der Waals surface area (Å²) in [5, 5.41) is 3.12. The molecule has 0 aliphatic rings. The van der Waals surface area contributed by atoms with E-state index in [2.05, 4.69) is 5.32 Å². The number of ether oxygens (including phenoxy) is 2. The summed E-state index contributed by atoms with van der Waals surface area (Å²) in [4.78, 5) is 13.0. The van der Waals surface area contributed by atoms with Gasteiger partial charge in [0.15, 0.2) is 0 Å². The molecule has 0 heterocycles. The van der Waals surface area contributed by atoms with Crippen molar-refractivity contribution in [2.75, 3.05) is 24.6 Å². The molecule has 35 heavy (non-hydrogen) atoms. The van der Waals surface area contributed by atoms with E-state index in [4.69, 9.17) is 21.1 Å². The van der Waals surface area contributed by atoms with Gasteiger partial charge in [-0.05, 0) is 62.7 Å². The van der Waals surface area contributed by atoms with Gasteiger partial charge in [0, 0.05) is 5.02 Å². The van der Waals surface area contributed by atoms with Crippen molar-refractivity contribution < 1.29 is 22.7 Å². The average molecular weight is 517 g/mol. The maximum Gasteiger partial charge on any atom is 0.264 e. The van der Waals surface area contributed by atoms with Gasteiger partial charge >= 0.3 is 0 Å². The Kier molecular flexibility index (Phi) is 8.64. The Bertz CT molecular complexity index is 1280. The monoisotopic (exact) mass is 516 g/mol. The fraction of sp³-hybridized carbons (Fsp3) is 0.269. The highest BCUT2D eigenvalue weighted by Crippen LogP contribution is 2.34. The van der Waals surface area contributed by atoms with Crippen LogP contribution in [0.1, 0.15) is 18.1 Å². The van der Waals surface area contributed by atoms with Crippen molar-refractivity contribution in [2.24, 2.45) is 0 Å². The molecule has 0 saturated heterocycles. The van der Waals surface area contributed by atoms with E-state index in [1.807, 2.05) is 38.1 Å². The number of rotatable bonds is 10. The van der Waals surface area contributed by atoms with E-state index in [1.54, 1.807) is 31.2 Å². The van der Waals surface area contributed by atoms with E-state index in [-0.39, 0.29) is 29.0 Å². The number of benzene rings is 3. The van der Waals surface area contributed by atoms with Crippen molar-refractivity contribution in [1.82, 2.24) is 5.32 Å². The molecule has 0 saturated carbocycles. The maximum absolute atomic E-state index is 13.6. The number of carbonyl (C=O) groups is 1. The van der Waals surface area contributed by atoms with Gasteiger partial charge < -0.3 is 14.8 Å².